The highest BCUT2D eigenvalue weighted by atomic mass is 16.5. The van der Waals surface area contributed by atoms with Crippen molar-refractivity contribution in [3.05, 3.63) is 42.1 Å². The number of benzene rings is 1. The van der Waals surface area contributed by atoms with Gasteiger partial charge in [0.2, 0.25) is 5.95 Å². The number of anilines is 2. The summed E-state index contributed by atoms with van der Waals surface area (Å²) in [5, 5.41) is 0. The van der Waals surface area contributed by atoms with Crippen molar-refractivity contribution in [1.29, 1.82) is 0 Å². The molecule has 0 radical (unpaired) electrons. The van der Waals surface area contributed by atoms with Crippen molar-refractivity contribution in [3.63, 3.8) is 0 Å². The van der Waals surface area contributed by atoms with E-state index in [2.05, 4.69) is 14.9 Å². The van der Waals surface area contributed by atoms with Crippen LogP contribution in [0.5, 0.6) is 5.75 Å². The number of amides is 1. The third-order valence-electron chi connectivity index (χ3n) is 4.14. The van der Waals surface area contributed by atoms with Gasteiger partial charge in [-0.2, -0.15) is 4.98 Å². The summed E-state index contributed by atoms with van der Waals surface area (Å²) in [6, 6.07) is 11.3. The van der Waals surface area contributed by atoms with Crippen molar-refractivity contribution in [3.8, 4) is 5.75 Å². The van der Waals surface area contributed by atoms with Gasteiger partial charge in [-0.05, 0) is 25.5 Å². The fourth-order valence-electron chi connectivity index (χ4n) is 2.89. The molecule has 1 aromatic carbocycles. The van der Waals surface area contributed by atoms with Gasteiger partial charge in [-0.3, -0.25) is 4.79 Å². The van der Waals surface area contributed by atoms with Crippen LogP contribution in [0.2, 0.25) is 0 Å². The van der Waals surface area contributed by atoms with Gasteiger partial charge in [0.05, 0.1) is 0 Å². The largest absolute Gasteiger partial charge is 0.484 e. The molecule has 1 amide bonds. The second kappa shape index (κ2) is 7.83. The Hall–Kier alpha value is -2.83. The lowest BCUT2D eigenvalue weighted by Crippen LogP contribution is -2.38. The Bertz CT molecular complexity index is 702. The molecule has 2 N–H and O–H groups in total. The minimum Gasteiger partial charge on any atom is -0.484 e. The number of nitrogen functional groups attached to an aromatic ring is 1. The van der Waals surface area contributed by atoms with Crippen molar-refractivity contribution < 1.29 is 9.53 Å². The summed E-state index contributed by atoms with van der Waals surface area (Å²) in [6.07, 6.45) is 0.875. The number of carbonyl (C=O) groups is 1. The van der Waals surface area contributed by atoms with Crippen molar-refractivity contribution in [2.45, 2.75) is 13.3 Å². The van der Waals surface area contributed by atoms with Crippen LogP contribution in [-0.4, -0.2) is 53.6 Å². The van der Waals surface area contributed by atoms with Gasteiger partial charge in [0, 0.05) is 37.9 Å². The number of hydrogen-bond donors (Lipinski definition) is 1. The number of aromatic nitrogens is 2. The molecule has 1 fully saturated rings. The van der Waals surface area contributed by atoms with Crippen LogP contribution in [0.3, 0.4) is 0 Å². The van der Waals surface area contributed by atoms with Crippen LogP contribution < -0.4 is 15.4 Å². The Balaban J connectivity index is 1.56. The Labute approximate surface area is 147 Å². The molecule has 132 valence electrons. The highest BCUT2D eigenvalue weighted by Crippen LogP contribution is 2.16. The molecule has 1 aliphatic rings. The first-order valence-corrected chi connectivity index (χ1v) is 8.43. The van der Waals surface area contributed by atoms with Crippen molar-refractivity contribution in [1.82, 2.24) is 14.9 Å². The summed E-state index contributed by atoms with van der Waals surface area (Å²) in [6.45, 7) is 4.86. The monoisotopic (exact) mass is 341 g/mol. The quantitative estimate of drug-likeness (QED) is 0.907. The molecule has 7 heteroatoms. The summed E-state index contributed by atoms with van der Waals surface area (Å²) in [4.78, 5) is 24.8. The number of nitrogens with zero attached hydrogens (tertiary/aromatic N) is 4. The van der Waals surface area contributed by atoms with Gasteiger partial charge in [-0.25, -0.2) is 4.98 Å². The molecule has 7 nitrogen and oxygen atoms in total. The molecule has 3 rings (SSSR count). The molecule has 0 atom stereocenters. The molecule has 1 aromatic heterocycles. The first kappa shape index (κ1) is 17.0. The molecular weight excluding hydrogens is 318 g/mol. The summed E-state index contributed by atoms with van der Waals surface area (Å²) < 4.78 is 5.56. The standard InChI is InChI=1S/C18H23N5O2/c1-14-12-16(21-18(19)20-14)22-8-5-9-23(11-10-22)17(24)13-25-15-6-3-2-4-7-15/h2-4,6-7,12H,5,8-11,13H2,1H3,(H2,19,20,21). The van der Waals surface area contributed by atoms with E-state index in [4.69, 9.17) is 10.5 Å². The first-order valence-electron chi connectivity index (χ1n) is 8.43. The molecule has 1 saturated heterocycles. The van der Waals surface area contributed by atoms with Crippen LogP contribution in [-0.2, 0) is 4.79 Å². The third kappa shape index (κ3) is 4.59. The molecule has 25 heavy (non-hydrogen) atoms. The van der Waals surface area contributed by atoms with E-state index in [0.29, 0.717) is 25.4 Å². The Morgan fingerprint density at radius 1 is 1.16 bits per heavy atom. The van der Waals surface area contributed by atoms with Gasteiger partial charge in [0.1, 0.15) is 11.6 Å². The maximum atomic E-state index is 12.4. The molecule has 0 unspecified atom stereocenters. The third-order valence-corrected chi connectivity index (χ3v) is 4.14. The second-order valence-corrected chi connectivity index (χ2v) is 6.05. The summed E-state index contributed by atoms with van der Waals surface area (Å²) >= 11 is 0. The lowest BCUT2D eigenvalue weighted by atomic mass is 10.3. The van der Waals surface area contributed by atoms with Crippen LogP contribution in [0.1, 0.15) is 12.1 Å². The molecule has 0 bridgehead atoms. The lowest BCUT2D eigenvalue weighted by Gasteiger charge is -2.23. The predicted molar refractivity (Wildman–Crippen MR) is 96.5 cm³/mol. The van der Waals surface area contributed by atoms with E-state index in [1.165, 1.54) is 0 Å². The fourth-order valence-corrected chi connectivity index (χ4v) is 2.89. The number of aryl methyl sites for hydroxylation is 1. The zero-order valence-corrected chi connectivity index (χ0v) is 14.4. The number of para-hydroxylation sites is 1. The maximum Gasteiger partial charge on any atom is 0.260 e. The number of hydrogen-bond acceptors (Lipinski definition) is 6. The summed E-state index contributed by atoms with van der Waals surface area (Å²) in [5.74, 6) is 1.81. The highest BCUT2D eigenvalue weighted by molar-refractivity contribution is 5.77. The van der Waals surface area contributed by atoms with Crippen molar-refractivity contribution in [2.24, 2.45) is 0 Å². The van der Waals surface area contributed by atoms with Crippen LogP contribution in [0.15, 0.2) is 36.4 Å². The van der Waals surface area contributed by atoms with E-state index < -0.39 is 0 Å². The van der Waals surface area contributed by atoms with E-state index in [1.54, 1.807) is 0 Å². The van der Waals surface area contributed by atoms with Gasteiger partial charge < -0.3 is 20.3 Å². The van der Waals surface area contributed by atoms with E-state index >= 15 is 0 Å². The highest BCUT2D eigenvalue weighted by Gasteiger charge is 2.20. The molecule has 0 spiro atoms. The van der Waals surface area contributed by atoms with Crippen LogP contribution in [0, 0.1) is 6.92 Å². The van der Waals surface area contributed by atoms with Gasteiger partial charge in [-0.15, -0.1) is 0 Å². The van der Waals surface area contributed by atoms with Crippen molar-refractivity contribution in [2.75, 3.05) is 43.4 Å². The molecule has 0 saturated carbocycles. The van der Waals surface area contributed by atoms with E-state index in [-0.39, 0.29) is 18.5 Å². The minimum atomic E-state index is 0.00378. The second-order valence-electron chi connectivity index (χ2n) is 6.05. The zero-order chi connectivity index (χ0) is 17.6. The smallest absolute Gasteiger partial charge is 0.260 e. The first-order chi connectivity index (χ1) is 12.1. The van der Waals surface area contributed by atoms with E-state index in [0.717, 1.165) is 24.5 Å². The Kier molecular flexibility index (Phi) is 5.33. The molecule has 2 aromatic rings. The van der Waals surface area contributed by atoms with Gasteiger partial charge >= 0.3 is 0 Å². The molecule has 2 heterocycles. The average molecular weight is 341 g/mol. The number of ether oxygens (including phenoxy) is 1. The SMILES string of the molecule is Cc1cc(N2CCCN(C(=O)COc3ccccc3)CC2)nc(N)n1. The Morgan fingerprint density at radius 3 is 2.72 bits per heavy atom. The topological polar surface area (TPSA) is 84.6 Å². The zero-order valence-electron chi connectivity index (χ0n) is 14.4. The predicted octanol–water partition coefficient (Wildman–Crippen LogP) is 1.48. The van der Waals surface area contributed by atoms with Gasteiger partial charge in [-0.1, -0.05) is 18.2 Å². The van der Waals surface area contributed by atoms with Crippen molar-refractivity contribution >= 4 is 17.7 Å². The molecule has 0 aliphatic carbocycles. The van der Waals surface area contributed by atoms with E-state index in [9.17, 15) is 4.79 Å². The van der Waals surface area contributed by atoms with Crippen LogP contribution in [0.4, 0.5) is 11.8 Å². The normalized spacial score (nSPS) is 14.9. The number of nitrogens with two attached hydrogens (primary N) is 1. The lowest BCUT2D eigenvalue weighted by molar-refractivity contribution is -0.133. The summed E-state index contributed by atoms with van der Waals surface area (Å²) in [5.41, 5.74) is 6.59. The molecule has 1 aliphatic heterocycles. The maximum absolute atomic E-state index is 12.4. The fraction of sp³-hybridized carbons (Fsp3) is 0.389. The summed E-state index contributed by atoms with van der Waals surface area (Å²) in [7, 11) is 0. The number of carbonyl (C=O) groups excluding carboxylic acids is 1. The minimum absolute atomic E-state index is 0.00378. The Morgan fingerprint density at radius 2 is 1.96 bits per heavy atom. The van der Waals surface area contributed by atoms with Crippen LogP contribution in [0.25, 0.3) is 0 Å². The van der Waals surface area contributed by atoms with E-state index in [1.807, 2.05) is 48.2 Å². The van der Waals surface area contributed by atoms with Gasteiger partial charge in [0.25, 0.3) is 5.91 Å². The average Bonchev–Trinajstić information content (AvgIpc) is 2.86. The van der Waals surface area contributed by atoms with Gasteiger partial charge in [0.15, 0.2) is 6.61 Å². The number of rotatable bonds is 4. The molecular formula is C18H23N5O2. The van der Waals surface area contributed by atoms with Crippen LogP contribution >= 0.6 is 0 Å².